The van der Waals surface area contributed by atoms with E-state index in [-0.39, 0.29) is 0 Å². The maximum atomic E-state index is 11.5. The molecule has 2 heteroatoms. The van der Waals surface area contributed by atoms with Gasteiger partial charge in [-0.05, 0) is 12.7 Å². The molecule has 0 atom stereocenters. The van der Waals surface area contributed by atoms with Gasteiger partial charge in [0.05, 0.1) is 0 Å². The van der Waals surface area contributed by atoms with E-state index in [1.807, 2.05) is 32.7 Å². The lowest BCUT2D eigenvalue weighted by molar-refractivity contribution is 0.582. The summed E-state index contributed by atoms with van der Waals surface area (Å²) in [6, 6.07) is 0. The zero-order valence-electron chi connectivity index (χ0n) is 6.42. The number of hydrogen-bond acceptors (Lipinski definition) is 1. The van der Waals surface area contributed by atoms with Crippen LogP contribution in [0.25, 0.3) is 0 Å². The SMILES string of the molecule is CC=CP(=O)(CC)CC. The molecule has 0 saturated heterocycles. The Bertz CT molecular complexity index is 130. The average Bonchev–Trinajstić information content (AvgIpc) is 1.89. The van der Waals surface area contributed by atoms with Gasteiger partial charge in [-0.2, -0.15) is 0 Å². The predicted molar refractivity (Wildman–Crippen MR) is 43.5 cm³/mol. The van der Waals surface area contributed by atoms with Crippen molar-refractivity contribution in [2.75, 3.05) is 12.3 Å². The molecule has 0 unspecified atom stereocenters. The van der Waals surface area contributed by atoms with Crippen LogP contribution in [0.3, 0.4) is 0 Å². The molecule has 9 heavy (non-hydrogen) atoms. The number of rotatable bonds is 3. The minimum atomic E-state index is -1.86. The summed E-state index contributed by atoms with van der Waals surface area (Å²) in [5.41, 5.74) is 0. The smallest absolute Gasteiger partial charge is 0.107 e. The number of hydrogen-bond donors (Lipinski definition) is 0. The minimum absolute atomic E-state index is 0.799. The third-order valence-electron chi connectivity index (χ3n) is 1.49. The fourth-order valence-electron chi connectivity index (χ4n) is 0.706. The molecule has 0 radical (unpaired) electrons. The second-order valence-corrected chi connectivity index (χ2v) is 5.54. The summed E-state index contributed by atoms with van der Waals surface area (Å²) in [5.74, 6) is 1.85. The van der Waals surface area contributed by atoms with Gasteiger partial charge in [-0.1, -0.05) is 19.9 Å². The molecule has 0 bridgehead atoms. The quantitative estimate of drug-likeness (QED) is 0.559. The van der Waals surface area contributed by atoms with Crippen LogP contribution in [0.2, 0.25) is 0 Å². The molecule has 1 nitrogen and oxygen atoms in total. The highest BCUT2D eigenvalue weighted by Crippen LogP contribution is 2.45. The van der Waals surface area contributed by atoms with Crippen LogP contribution < -0.4 is 0 Å². The van der Waals surface area contributed by atoms with Crippen molar-refractivity contribution in [3.63, 3.8) is 0 Å². The fourth-order valence-corrected chi connectivity index (χ4v) is 2.12. The van der Waals surface area contributed by atoms with Gasteiger partial charge in [-0.3, -0.25) is 0 Å². The molecule has 0 aromatic carbocycles. The van der Waals surface area contributed by atoms with Crippen molar-refractivity contribution in [1.29, 1.82) is 0 Å². The molecule has 0 fully saturated rings. The van der Waals surface area contributed by atoms with Crippen LogP contribution in [0, 0.1) is 0 Å². The first-order valence-electron chi connectivity index (χ1n) is 3.40. The van der Waals surface area contributed by atoms with Crippen molar-refractivity contribution < 1.29 is 4.57 Å². The zero-order chi connectivity index (χ0) is 7.33. The normalized spacial score (nSPS) is 12.8. The van der Waals surface area contributed by atoms with Crippen molar-refractivity contribution in [3.8, 4) is 0 Å². The van der Waals surface area contributed by atoms with Crippen LogP contribution >= 0.6 is 7.14 Å². The molecule has 0 heterocycles. The van der Waals surface area contributed by atoms with Gasteiger partial charge in [0.15, 0.2) is 0 Å². The maximum Gasteiger partial charge on any atom is 0.107 e. The van der Waals surface area contributed by atoms with E-state index in [9.17, 15) is 4.57 Å². The van der Waals surface area contributed by atoms with Gasteiger partial charge in [0.25, 0.3) is 0 Å². The molecular weight excluding hydrogens is 131 g/mol. The van der Waals surface area contributed by atoms with E-state index in [0.717, 1.165) is 12.3 Å². The molecule has 0 spiro atoms. The highest BCUT2D eigenvalue weighted by atomic mass is 31.2. The Morgan fingerprint density at radius 3 is 1.89 bits per heavy atom. The zero-order valence-corrected chi connectivity index (χ0v) is 7.32. The molecule has 0 aliphatic heterocycles. The summed E-state index contributed by atoms with van der Waals surface area (Å²) in [7, 11) is -1.86. The van der Waals surface area contributed by atoms with Crippen molar-refractivity contribution in [3.05, 3.63) is 11.9 Å². The first-order valence-corrected chi connectivity index (χ1v) is 5.54. The molecule has 0 aliphatic rings. The van der Waals surface area contributed by atoms with Gasteiger partial charge in [-0.25, -0.2) is 0 Å². The first kappa shape index (κ1) is 8.97. The van der Waals surface area contributed by atoms with Crippen LogP contribution in [0.15, 0.2) is 11.9 Å². The summed E-state index contributed by atoms with van der Waals surface area (Å²) < 4.78 is 11.5. The second kappa shape index (κ2) is 3.90. The second-order valence-electron chi connectivity index (χ2n) is 2.07. The Morgan fingerprint density at radius 2 is 1.78 bits per heavy atom. The molecule has 0 saturated carbocycles. The van der Waals surface area contributed by atoms with E-state index in [0.29, 0.717) is 0 Å². The highest BCUT2D eigenvalue weighted by molar-refractivity contribution is 7.66. The molecule has 0 aromatic rings. The standard InChI is InChI=1S/C7H15OP/c1-4-7-9(8,5-2)6-3/h4,7H,5-6H2,1-3H3. The lowest BCUT2D eigenvalue weighted by Gasteiger charge is -2.06. The lowest BCUT2D eigenvalue weighted by atomic mass is 10.8. The topological polar surface area (TPSA) is 17.1 Å². The van der Waals surface area contributed by atoms with Gasteiger partial charge in [0.1, 0.15) is 7.14 Å². The van der Waals surface area contributed by atoms with Crippen LogP contribution in [0.1, 0.15) is 20.8 Å². The Balaban J connectivity index is 4.11. The minimum Gasteiger partial charge on any atom is -0.319 e. The first-order chi connectivity index (χ1) is 4.18. The van der Waals surface area contributed by atoms with E-state index in [1.165, 1.54) is 0 Å². The maximum absolute atomic E-state index is 11.5. The van der Waals surface area contributed by atoms with E-state index in [4.69, 9.17) is 0 Å². The molecule has 54 valence electrons. The van der Waals surface area contributed by atoms with Crippen LogP contribution in [-0.4, -0.2) is 12.3 Å². The molecule has 0 rings (SSSR count). The third kappa shape index (κ3) is 2.86. The summed E-state index contributed by atoms with van der Waals surface area (Å²) in [6.07, 6.45) is 3.48. The highest BCUT2D eigenvalue weighted by Gasteiger charge is 2.10. The summed E-state index contributed by atoms with van der Waals surface area (Å²) in [4.78, 5) is 0. The van der Waals surface area contributed by atoms with E-state index >= 15 is 0 Å². The van der Waals surface area contributed by atoms with E-state index in [1.54, 1.807) is 0 Å². The van der Waals surface area contributed by atoms with E-state index in [2.05, 4.69) is 0 Å². The van der Waals surface area contributed by atoms with Crippen LogP contribution in [0.5, 0.6) is 0 Å². The summed E-state index contributed by atoms with van der Waals surface area (Å²) in [5, 5.41) is 0. The third-order valence-corrected chi connectivity index (χ3v) is 4.47. The Hall–Kier alpha value is -0.0300. The number of allylic oxidation sites excluding steroid dienone is 1. The molecular formula is C7H15OP. The van der Waals surface area contributed by atoms with Crippen molar-refractivity contribution in [1.82, 2.24) is 0 Å². The van der Waals surface area contributed by atoms with Gasteiger partial charge < -0.3 is 4.57 Å². The van der Waals surface area contributed by atoms with Crippen LogP contribution in [0.4, 0.5) is 0 Å². The Morgan fingerprint density at radius 1 is 1.33 bits per heavy atom. The van der Waals surface area contributed by atoms with Gasteiger partial charge in [0.2, 0.25) is 0 Å². The molecule has 0 amide bonds. The average molecular weight is 146 g/mol. The molecule has 0 aliphatic carbocycles. The van der Waals surface area contributed by atoms with E-state index < -0.39 is 7.14 Å². The van der Waals surface area contributed by atoms with Gasteiger partial charge in [-0.15, -0.1) is 0 Å². The monoisotopic (exact) mass is 146 g/mol. The Kier molecular flexibility index (Phi) is 3.88. The summed E-state index contributed by atoms with van der Waals surface area (Å²) in [6.45, 7) is 5.87. The van der Waals surface area contributed by atoms with Crippen molar-refractivity contribution in [2.24, 2.45) is 0 Å². The Labute approximate surface area is 57.5 Å². The summed E-state index contributed by atoms with van der Waals surface area (Å²) >= 11 is 0. The lowest BCUT2D eigenvalue weighted by Crippen LogP contribution is -1.83. The predicted octanol–water partition coefficient (Wildman–Crippen LogP) is 2.92. The van der Waals surface area contributed by atoms with Crippen molar-refractivity contribution >= 4 is 7.14 Å². The van der Waals surface area contributed by atoms with Crippen molar-refractivity contribution in [2.45, 2.75) is 20.8 Å². The van der Waals surface area contributed by atoms with Gasteiger partial charge >= 0.3 is 0 Å². The fraction of sp³-hybridized carbons (Fsp3) is 0.714. The largest absolute Gasteiger partial charge is 0.319 e. The van der Waals surface area contributed by atoms with Crippen LogP contribution in [-0.2, 0) is 4.57 Å². The molecule has 0 N–H and O–H groups in total. The van der Waals surface area contributed by atoms with Gasteiger partial charge in [0, 0.05) is 12.3 Å². The molecule has 0 aromatic heterocycles.